The lowest BCUT2D eigenvalue weighted by Gasteiger charge is -1.96. The molecule has 0 fully saturated rings. The Balaban J connectivity index is 2.36. The Hall–Kier alpha value is -1.68. The molecule has 0 aliphatic heterocycles. The summed E-state index contributed by atoms with van der Waals surface area (Å²) in [6.45, 7) is 0. The van der Waals surface area contributed by atoms with Crippen molar-refractivity contribution in [1.82, 2.24) is 10.1 Å². The zero-order chi connectivity index (χ0) is 9.38. The third-order valence-electron chi connectivity index (χ3n) is 2.09. The Kier molecular flexibility index (Phi) is 1.61. The predicted octanol–water partition coefficient (Wildman–Crippen LogP) is 2.95. The monoisotopic (exact) mass is 202 g/mol. The zero-order valence-corrected chi connectivity index (χ0v) is 7.99. The lowest BCUT2D eigenvalue weighted by atomic mass is 10.1. The molecular weight excluding hydrogens is 196 g/mol. The number of fused-ring (bicyclic) bond motifs is 1. The molecule has 0 unspecified atom stereocenters. The highest BCUT2D eigenvalue weighted by Crippen LogP contribution is 2.30. The van der Waals surface area contributed by atoms with Crippen molar-refractivity contribution in [2.75, 3.05) is 0 Å². The third kappa shape index (κ3) is 1.04. The molecule has 0 radical (unpaired) electrons. The van der Waals surface area contributed by atoms with Gasteiger partial charge in [0.15, 0.2) is 0 Å². The second-order valence-electron chi connectivity index (χ2n) is 2.91. The molecule has 0 atom stereocenters. The molecule has 0 amide bonds. The van der Waals surface area contributed by atoms with Gasteiger partial charge in [0.25, 0.3) is 0 Å². The van der Waals surface area contributed by atoms with Crippen LogP contribution in [0.2, 0.25) is 0 Å². The van der Waals surface area contributed by atoms with Gasteiger partial charge in [-0.2, -0.15) is 0 Å². The summed E-state index contributed by atoms with van der Waals surface area (Å²) in [7, 11) is 0. The molecule has 3 heterocycles. The van der Waals surface area contributed by atoms with Gasteiger partial charge in [0, 0.05) is 17.3 Å². The molecule has 3 aromatic rings. The van der Waals surface area contributed by atoms with Crippen LogP contribution in [0.5, 0.6) is 0 Å². The molecule has 14 heavy (non-hydrogen) atoms. The van der Waals surface area contributed by atoms with Gasteiger partial charge in [-0.05, 0) is 17.5 Å². The first-order valence-electron chi connectivity index (χ1n) is 4.17. The van der Waals surface area contributed by atoms with E-state index in [-0.39, 0.29) is 0 Å². The van der Waals surface area contributed by atoms with Crippen LogP contribution in [-0.4, -0.2) is 10.1 Å². The van der Waals surface area contributed by atoms with Crippen LogP contribution < -0.4 is 0 Å². The standard InChI is InChI=1S/C10H6N2OS/c1-3-11-9-2-4-14-10(9)8(1)7-5-12-13-6-7/h1-6H. The van der Waals surface area contributed by atoms with Crippen LogP contribution in [0, 0.1) is 0 Å². The minimum atomic E-state index is 1.000. The van der Waals surface area contributed by atoms with Gasteiger partial charge in [-0.1, -0.05) is 5.16 Å². The van der Waals surface area contributed by atoms with Crippen molar-refractivity contribution in [3.05, 3.63) is 36.2 Å². The van der Waals surface area contributed by atoms with E-state index in [9.17, 15) is 0 Å². The Morgan fingerprint density at radius 3 is 3.14 bits per heavy atom. The molecule has 0 saturated heterocycles. The number of rotatable bonds is 1. The molecule has 68 valence electrons. The van der Waals surface area contributed by atoms with E-state index in [1.165, 1.54) is 4.70 Å². The summed E-state index contributed by atoms with van der Waals surface area (Å²) in [6, 6.07) is 3.99. The number of aromatic nitrogens is 2. The third-order valence-corrected chi connectivity index (χ3v) is 3.02. The minimum Gasteiger partial charge on any atom is -0.364 e. The van der Waals surface area contributed by atoms with Crippen molar-refractivity contribution in [1.29, 1.82) is 0 Å². The minimum absolute atomic E-state index is 1.000. The van der Waals surface area contributed by atoms with Crippen molar-refractivity contribution in [2.24, 2.45) is 0 Å². The number of hydrogen-bond acceptors (Lipinski definition) is 4. The molecule has 0 saturated carbocycles. The number of thiophene rings is 1. The van der Waals surface area contributed by atoms with Gasteiger partial charge in [-0.25, -0.2) is 0 Å². The molecule has 3 nitrogen and oxygen atoms in total. The van der Waals surface area contributed by atoms with E-state index in [1.807, 2.05) is 17.5 Å². The van der Waals surface area contributed by atoms with Crippen molar-refractivity contribution in [2.45, 2.75) is 0 Å². The second kappa shape index (κ2) is 2.92. The molecule has 0 N–H and O–H groups in total. The van der Waals surface area contributed by atoms with Gasteiger partial charge in [0.2, 0.25) is 0 Å². The van der Waals surface area contributed by atoms with E-state index >= 15 is 0 Å². The number of pyridine rings is 1. The molecular formula is C10H6N2OS. The van der Waals surface area contributed by atoms with Crippen LogP contribution in [0.15, 0.2) is 40.7 Å². The van der Waals surface area contributed by atoms with Crippen LogP contribution in [0.3, 0.4) is 0 Å². The summed E-state index contributed by atoms with van der Waals surface area (Å²) in [6.07, 6.45) is 5.17. The molecule has 0 aliphatic carbocycles. The van der Waals surface area contributed by atoms with Crippen molar-refractivity contribution in [3.8, 4) is 11.1 Å². The first kappa shape index (κ1) is 7.70. The lowest BCUT2D eigenvalue weighted by Crippen LogP contribution is -1.76. The van der Waals surface area contributed by atoms with Crippen LogP contribution >= 0.6 is 11.3 Å². The summed E-state index contributed by atoms with van der Waals surface area (Å²) >= 11 is 1.68. The summed E-state index contributed by atoms with van der Waals surface area (Å²) < 4.78 is 6.01. The fraction of sp³-hybridized carbons (Fsp3) is 0. The van der Waals surface area contributed by atoms with Crippen molar-refractivity contribution >= 4 is 21.6 Å². The fourth-order valence-electron chi connectivity index (χ4n) is 1.44. The maximum Gasteiger partial charge on any atom is 0.131 e. The lowest BCUT2D eigenvalue weighted by molar-refractivity contribution is 0.420. The second-order valence-corrected chi connectivity index (χ2v) is 3.82. The van der Waals surface area contributed by atoms with E-state index in [0.29, 0.717) is 0 Å². The molecule has 4 heteroatoms. The van der Waals surface area contributed by atoms with Gasteiger partial charge in [-0.15, -0.1) is 11.3 Å². The Labute approximate surface area is 84.0 Å². The Bertz CT molecular complexity index is 556. The number of nitrogens with zero attached hydrogens (tertiary/aromatic N) is 2. The van der Waals surface area contributed by atoms with Gasteiger partial charge < -0.3 is 4.52 Å². The Morgan fingerprint density at radius 2 is 2.29 bits per heavy atom. The van der Waals surface area contributed by atoms with E-state index in [4.69, 9.17) is 4.52 Å². The SMILES string of the molecule is c1cc(-c2cnoc2)c2sccc2n1. The van der Waals surface area contributed by atoms with E-state index in [0.717, 1.165) is 16.6 Å². The molecule has 0 aliphatic rings. The maximum atomic E-state index is 4.83. The molecule has 0 bridgehead atoms. The summed E-state index contributed by atoms with van der Waals surface area (Å²) in [4.78, 5) is 4.27. The van der Waals surface area contributed by atoms with E-state index < -0.39 is 0 Å². The van der Waals surface area contributed by atoms with Gasteiger partial charge >= 0.3 is 0 Å². The van der Waals surface area contributed by atoms with Crippen LogP contribution in [0.4, 0.5) is 0 Å². The first-order valence-corrected chi connectivity index (χ1v) is 5.05. The molecule has 3 aromatic heterocycles. The summed E-state index contributed by atoms with van der Waals surface area (Å²) in [5, 5.41) is 5.74. The van der Waals surface area contributed by atoms with Gasteiger partial charge in [0.1, 0.15) is 6.26 Å². The maximum absolute atomic E-state index is 4.83. The average Bonchev–Trinajstić information content (AvgIpc) is 2.88. The molecule has 0 aromatic carbocycles. The van der Waals surface area contributed by atoms with Crippen molar-refractivity contribution in [3.63, 3.8) is 0 Å². The average molecular weight is 202 g/mol. The summed E-state index contributed by atoms with van der Waals surface area (Å²) in [5.74, 6) is 0. The van der Waals surface area contributed by atoms with Crippen molar-refractivity contribution < 1.29 is 4.52 Å². The smallest absolute Gasteiger partial charge is 0.131 e. The zero-order valence-electron chi connectivity index (χ0n) is 7.18. The highest BCUT2D eigenvalue weighted by atomic mass is 32.1. The van der Waals surface area contributed by atoms with Crippen LogP contribution in [0.1, 0.15) is 0 Å². The fourth-order valence-corrected chi connectivity index (χ4v) is 2.33. The predicted molar refractivity (Wildman–Crippen MR) is 55.1 cm³/mol. The van der Waals surface area contributed by atoms with Gasteiger partial charge in [-0.3, -0.25) is 4.98 Å². The quantitative estimate of drug-likeness (QED) is 0.609. The number of hydrogen-bond donors (Lipinski definition) is 0. The van der Waals surface area contributed by atoms with E-state index in [1.54, 1.807) is 30.0 Å². The Morgan fingerprint density at radius 1 is 1.29 bits per heavy atom. The van der Waals surface area contributed by atoms with Gasteiger partial charge in [0.05, 0.1) is 16.4 Å². The van der Waals surface area contributed by atoms with E-state index in [2.05, 4.69) is 10.1 Å². The summed E-state index contributed by atoms with van der Waals surface area (Å²) in [5.41, 5.74) is 3.15. The van der Waals surface area contributed by atoms with Crippen LogP contribution in [0.25, 0.3) is 21.3 Å². The molecule has 0 spiro atoms. The molecule has 3 rings (SSSR count). The first-order chi connectivity index (χ1) is 6.95. The highest BCUT2D eigenvalue weighted by molar-refractivity contribution is 7.17. The normalized spacial score (nSPS) is 10.9. The highest BCUT2D eigenvalue weighted by Gasteiger charge is 2.06. The largest absolute Gasteiger partial charge is 0.364 e. The topological polar surface area (TPSA) is 38.9 Å². The van der Waals surface area contributed by atoms with Crippen LogP contribution in [-0.2, 0) is 0 Å².